The standard InChI is InChI=1S/C13H17BrO2/c1-4-10-6-11(13(15)9(3)14)8-12(7-10)16-5-2/h6-9H,4-5H2,1-3H3. The Morgan fingerprint density at radius 1 is 1.38 bits per heavy atom. The van der Waals surface area contributed by atoms with E-state index in [-0.39, 0.29) is 10.6 Å². The molecule has 1 rings (SSSR count). The normalized spacial score (nSPS) is 12.2. The zero-order valence-corrected chi connectivity index (χ0v) is 11.5. The highest BCUT2D eigenvalue weighted by atomic mass is 79.9. The molecule has 0 fully saturated rings. The number of rotatable bonds is 5. The van der Waals surface area contributed by atoms with Gasteiger partial charge in [-0.1, -0.05) is 22.9 Å². The van der Waals surface area contributed by atoms with Crippen LogP contribution in [0.3, 0.4) is 0 Å². The summed E-state index contributed by atoms with van der Waals surface area (Å²) in [5.41, 5.74) is 1.84. The first-order valence-corrected chi connectivity index (χ1v) is 6.45. The zero-order chi connectivity index (χ0) is 12.1. The molecule has 0 aromatic heterocycles. The predicted molar refractivity (Wildman–Crippen MR) is 69.7 cm³/mol. The fourth-order valence-corrected chi connectivity index (χ4v) is 1.75. The molecule has 1 atom stereocenters. The minimum Gasteiger partial charge on any atom is -0.494 e. The van der Waals surface area contributed by atoms with E-state index < -0.39 is 0 Å². The largest absolute Gasteiger partial charge is 0.494 e. The summed E-state index contributed by atoms with van der Waals surface area (Å²) in [6.45, 7) is 6.45. The van der Waals surface area contributed by atoms with E-state index in [2.05, 4.69) is 22.9 Å². The van der Waals surface area contributed by atoms with Crippen LogP contribution in [0.4, 0.5) is 0 Å². The van der Waals surface area contributed by atoms with Gasteiger partial charge in [0.2, 0.25) is 0 Å². The number of carbonyl (C=O) groups excluding carboxylic acids is 1. The Labute approximate surface area is 105 Å². The second kappa shape index (κ2) is 6.04. The molecule has 0 aliphatic carbocycles. The van der Waals surface area contributed by atoms with Crippen molar-refractivity contribution in [1.29, 1.82) is 0 Å². The Balaban J connectivity index is 3.08. The van der Waals surface area contributed by atoms with Crippen molar-refractivity contribution in [3.05, 3.63) is 29.3 Å². The molecule has 3 heteroatoms. The van der Waals surface area contributed by atoms with Gasteiger partial charge >= 0.3 is 0 Å². The van der Waals surface area contributed by atoms with Crippen LogP contribution in [0.5, 0.6) is 5.75 Å². The maximum atomic E-state index is 11.9. The summed E-state index contributed by atoms with van der Waals surface area (Å²) in [4.78, 5) is 11.7. The molecule has 2 nitrogen and oxygen atoms in total. The molecule has 0 heterocycles. The van der Waals surface area contributed by atoms with Crippen molar-refractivity contribution in [1.82, 2.24) is 0 Å². The molecule has 0 bridgehead atoms. The predicted octanol–water partition coefficient (Wildman–Crippen LogP) is 3.61. The van der Waals surface area contributed by atoms with Crippen LogP contribution in [0.25, 0.3) is 0 Å². The molecule has 1 unspecified atom stereocenters. The van der Waals surface area contributed by atoms with E-state index in [9.17, 15) is 4.79 Å². The number of aryl methyl sites for hydroxylation is 1. The van der Waals surface area contributed by atoms with Crippen LogP contribution in [-0.2, 0) is 6.42 Å². The van der Waals surface area contributed by atoms with Crippen molar-refractivity contribution in [2.24, 2.45) is 0 Å². The maximum Gasteiger partial charge on any atom is 0.176 e. The van der Waals surface area contributed by atoms with Crippen LogP contribution in [0.15, 0.2) is 18.2 Å². The van der Waals surface area contributed by atoms with Crippen LogP contribution >= 0.6 is 15.9 Å². The highest BCUT2D eigenvalue weighted by Crippen LogP contribution is 2.20. The van der Waals surface area contributed by atoms with Crippen molar-refractivity contribution >= 4 is 21.7 Å². The van der Waals surface area contributed by atoms with Gasteiger partial charge in [-0.3, -0.25) is 4.79 Å². The number of ether oxygens (including phenoxy) is 1. The number of benzene rings is 1. The minimum absolute atomic E-state index is 0.0938. The second-order valence-corrected chi connectivity index (χ2v) is 5.01. The van der Waals surface area contributed by atoms with E-state index in [1.807, 2.05) is 32.0 Å². The first-order valence-electron chi connectivity index (χ1n) is 5.53. The third-order valence-electron chi connectivity index (χ3n) is 2.33. The Morgan fingerprint density at radius 3 is 2.56 bits per heavy atom. The van der Waals surface area contributed by atoms with E-state index in [0.717, 1.165) is 17.7 Å². The van der Waals surface area contributed by atoms with Gasteiger partial charge in [-0.05, 0) is 44.0 Å². The summed E-state index contributed by atoms with van der Waals surface area (Å²) >= 11 is 3.30. The molecule has 1 aromatic carbocycles. The lowest BCUT2D eigenvalue weighted by Crippen LogP contribution is -2.10. The second-order valence-electron chi connectivity index (χ2n) is 3.63. The first kappa shape index (κ1) is 13.2. The molecule has 88 valence electrons. The van der Waals surface area contributed by atoms with Crippen molar-refractivity contribution in [3.63, 3.8) is 0 Å². The fourth-order valence-electron chi connectivity index (χ4n) is 1.49. The molecule has 0 spiro atoms. The summed E-state index contributed by atoms with van der Waals surface area (Å²) in [5, 5.41) is 0. The summed E-state index contributed by atoms with van der Waals surface area (Å²) < 4.78 is 5.45. The molecular weight excluding hydrogens is 268 g/mol. The number of alkyl halides is 1. The smallest absolute Gasteiger partial charge is 0.176 e. The Bertz CT molecular complexity index is 372. The molecule has 0 saturated heterocycles. The fraction of sp³-hybridized carbons (Fsp3) is 0.462. The van der Waals surface area contributed by atoms with Gasteiger partial charge in [0.05, 0.1) is 11.4 Å². The molecule has 0 aliphatic rings. The first-order chi connectivity index (χ1) is 7.58. The summed E-state index contributed by atoms with van der Waals surface area (Å²) in [6, 6.07) is 5.73. The van der Waals surface area contributed by atoms with Gasteiger partial charge in [0.15, 0.2) is 5.78 Å². The molecule has 1 aromatic rings. The van der Waals surface area contributed by atoms with Crippen molar-refractivity contribution < 1.29 is 9.53 Å². The quantitative estimate of drug-likeness (QED) is 0.610. The number of carbonyl (C=O) groups is 1. The molecule has 0 N–H and O–H groups in total. The van der Waals surface area contributed by atoms with Gasteiger partial charge < -0.3 is 4.74 Å². The SMILES string of the molecule is CCOc1cc(CC)cc(C(=O)C(C)Br)c1. The Morgan fingerprint density at radius 2 is 2.06 bits per heavy atom. The Kier molecular flexibility index (Phi) is 5.00. The minimum atomic E-state index is -0.158. The maximum absolute atomic E-state index is 11.9. The number of ketones is 1. The Hall–Kier alpha value is -0.830. The van der Waals surface area contributed by atoms with Gasteiger partial charge in [0.1, 0.15) is 5.75 Å². The van der Waals surface area contributed by atoms with Gasteiger partial charge in [0.25, 0.3) is 0 Å². The van der Waals surface area contributed by atoms with E-state index in [1.165, 1.54) is 0 Å². The number of Topliss-reactive ketones (excluding diaryl/α,β-unsaturated/α-hetero) is 1. The third kappa shape index (κ3) is 3.34. The van der Waals surface area contributed by atoms with Gasteiger partial charge in [0, 0.05) is 5.56 Å². The summed E-state index contributed by atoms with van der Waals surface area (Å²) in [5.74, 6) is 0.870. The van der Waals surface area contributed by atoms with Crippen LogP contribution < -0.4 is 4.74 Å². The number of halogens is 1. The molecular formula is C13H17BrO2. The monoisotopic (exact) mass is 284 g/mol. The van der Waals surface area contributed by atoms with Crippen molar-refractivity contribution in [2.75, 3.05) is 6.61 Å². The van der Waals surface area contributed by atoms with Crippen LogP contribution in [0, 0.1) is 0 Å². The van der Waals surface area contributed by atoms with Gasteiger partial charge in [-0.15, -0.1) is 0 Å². The number of hydrogen-bond acceptors (Lipinski definition) is 2. The lowest BCUT2D eigenvalue weighted by molar-refractivity contribution is 0.0995. The lowest BCUT2D eigenvalue weighted by atomic mass is 10.0. The summed E-state index contributed by atoms with van der Waals surface area (Å²) in [6.07, 6.45) is 0.901. The topological polar surface area (TPSA) is 26.3 Å². The summed E-state index contributed by atoms with van der Waals surface area (Å²) in [7, 11) is 0. The van der Waals surface area contributed by atoms with Crippen LogP contribution in [0.2, 0.25) is 0 Å². The van der Waals surface area contributed by atoms with E-state index in [1.54, 1.807) is 0 Å². The van der Waals surface area contributed by atoms with Crippen molar-refractivity contribution in [2.45, 2.75) is 32.0 Å². The van der Waals surface area contributed by atoms with E-state index >= 15 is 0 Å². The highest BCUT2D eigenvalue weighted by molar-refractivity contribution is 9.10. The lowest BCUT2D eigenvalue weighted by Gasteiger charge is -2.09. The highest BCUT2D eigenvalue weighted by Gasteiger charge is 2.13. The molecule has 0 aliphatic heterocycles. The van der Waals surface area contributed by atoms with Gasteiger partial charge in [-0.2, -0.15) is 0 Å². The average molecular weight is 285 g/mol. The van der Waals surface area contributed by atoms with Gasteiger partial charge in [-0.25, -0.2) is 0 Å². The van der Waals surface area contributed by atoms with Crippen LogP contribution in [-0.4, -0.2) is 17.2 Å². The van der Waals surface area contributed by atoms with Crippen molar-refractivity contribution in [3.8, 4) is 5.75 Å². The third-order valence-corrected chi connectivity index (χ3v) is 2.75. The molecule has 0 saturated carbocycles. The average Bonchev–Trinajstić information content (AvgIpc) is 2.27. The molecule has 0 radical (unpaired) electrons. The van der Waals surface area contributed by atoms with Crippen LogP contribution in [0.1, 0.15) is 36.7 Å². The molecule has 16 heavy (non-hydrogen) atoms. The van der Waals surface area contributed by atoms with E-state index in [4.69, 9.17) is 4.74 Å². The molecule has 0 amide bonds. The zero-order valence-electron chi connectivity index (χ0n) is 9.92. The van der Waals surface area contributed by atoms with E-state index in [0.29, 0.717) is 12.2 Å². The number of hydrogen-bond donors (Lipinski definition) is 0.